The van der Waals surface area contributed by atoms with Crippen LogP contribution < -0.4 is 0 Å². The number of fused-ring (bicyclic) bond motifs is 1. The van der Waals surface area contributed by atoms with Crippen LogP contribution in [0.1, 0.15) is 11.3 Å². The van der Waals surface area contributed by atoms with E-state index in [1.165, 1.54) is 11.5 Å². The van der Waals surface area contributed by atoms with Crippen LogP contribution in [0.4, 0.5) is 4.39 Å². The molecule has 0 saturated heterocycles. The van der Waals surface area contributed by atoms with E-state index in [0.29, 0.717) is 6.54 Å². The van der Waals surface area contributed by atoms with Gasteiger partial charge in [0.1, 0.15) is 5.82 Å². The Balaban J connectivity index is 2.10. The second-order valence-corrected chi connectivity index (χ2v) is 4.52. The number of aromatic nitrogens is 1. The monoisotopic (exact) mass is 239 g/mol. The zero-order valence-electron chi connectivity index (χ0n) is 10.2. The average molecular weight is 239 g/mol. The quantitative estimate of drug-likeness (QED) is 0.633. The van der Waals surface area contributed by atoms with E-state index >= 15 is 0 Å². The fourth-order valence-corrected chi connectivity index (χ4v) is 2.36. The van der Waals surface area contributed by atoms with E-state index in [1.807, 2.05) is 24.3 Å². The Morgan fingerprint density at radius 2 is 1.72 bits per heavy atom. The predicted molar refractivity (Wildman–Crippen MR) is 72.2 cm³/mol. The van der Waals surface area contributed by atoms with Gasteiger partial charge in [0.2, 0.25) is 0 Å². The normalized spacial score (nSPS) is 11.0. The van der Waals surface area contributed by atoms with Crippen molar-refractivity contribution in [2.75, 3.05) is 0 Å². The van der Waals surface area contributed by atoms with E-state index < -0.39 is 0 Å². The van der Waals surface area contributed by atoms with E-state index in [1.54, 1.807) is 6.07 Å². The van der Waals surface area contributed by atoms with E-state index in [0.717, 1.165) is 16.8 Å². The number of hydrogen-bond donors (Lipinski definition) is 0. The molecule has 0 fully saturated rings. The molecule has 0 spiro atoms. The van der Waals surface area contributed by atoms with Crippen LogP contribution in [-0.4, -0.2) is 4.57 Å². The Hall–Kier alpha value is -2.09. The number of nitrogens with zero attached hydrogens (tertiary/aromatic N) is 1. The first-order valence-electron chi connectivity index (χ1n) is 6.04. The molecule has 0 aliphatic carbocycles. The summed E-state index contributed by atoms with van der Waals surface area (Å²) in [7, 11) is 0. The molecule has 0 aliphatic heterocycles. The second kappa shape index (κ2) is 4.30. The number of halogens is 1. The maximum atomic E-state index is 13.7. The van der Waals surface area contributed by atoms with Crippen molar-refractivity contribution in [2.45, 2.75) is 13.5 Å². The zero-order chi connectivity index (χ0) is 12.5. The standard InChI is InChI=1S/C16H14FN/c1-12-10-13-6-3-5-9-16(13)18(12)11-14-7-2-4-8-15(14)17/h2-10H,11H2,1H3. The smallest absolute Gasteiger partial charge is 0.128 e. The summed E-state index contributed by atoms with van der Waals surface area (Å²) in [6.45, 7) is 2.63. The largest absolute Gasteiger partial charge is 0.340 e. The molecular formula is C16H14FN. The summed E-state index contributed by atoms with van der Waals surface area (Å²) in [4.78, 5) is 0. The van der Waals surface area contributed by atoms with E-state index in [2.05, 4.69) is 29.7 Å². The lowest BCUT2D eigenvalue weighted by Gasteiger charge is -2.09. The van der Waals surface area contributed by atoms with Crippen LogP contribution in [0.15, 0.2) is 54.6 Å². The molecule has 3 rings (SSSR count). The highest BCUT2D eigenvalue weighted by molar-refractivity contribution is 5.81. The maximum Gasteiger partial charge on any atom is 0.128 e. The summed E-state index contributed by atoms with van der Waals surface area (Å²) in [5.74, 6) is -0.144. The molecular weight excluding hydrogens is 225 g/mol. The van der Waals surface area contributed by atoms with Crippen molar-refractivity contribution in [3.8, 4) is 0 Å². The van der Waals surface area contributed by atoms with Crippen molar-refractivity contribution in [2.24, 2.45) is 0 Å². The third-order valence-corrected chi connectivity index (χ3v) is 3.30. The maximum absolute atomic E-state index is 13.7. The summed E-state index contributed by atoms with van der Waals surface area (Å²) >= 11 is 0. The molecule has 0 saturated carbocycles. The Morgan fingerprint density at radius 3 is 2.56 bits per heavy atom. The van der Waals surface area contributed by atoms with Gasteiger partial charge in [-0.2, -0.15) is 0 Å². The third-order valence-electron chi connectivity index (χ3n) is 3.30. The first kappa shape index (κ1) is 11.0. The van der Waals surface area contributed by atoms with Gasteiger partial charge < -0.3 is 4.57 Å². The molecule has 1 nitrogen and oxygen atoms in total. The summed E-state index contributed by atoms with van der Waals surface area (Å²) in [5.41, 5.74) is 3.03. The molecule has 0 aliphatic rings. The number of para-hydroxylation sites is 1. The average Bonchev–Trinajstić information content (AvgIpc) is 2.69. The highest BCUT2D eigenvalue weighted by Crippen LogP contribution is 2.21. The Labute approximate surface area is 105 Å². The zero-order valence-corrected chi connectivity index (χ0v) is 10.2. The lowest BCUT2D eigenvalue weighted by Crippen LogP contribution is -2.03. The van der Waals surface area contributed by atoms with E-state index in [9.17, 15) is 4.39 Å². The first-order valence-corrected chi connectivity index (χ1v) is 6.04. The van der Waals surface area contributed by atoms with Crippen LogP contribution in [-0.2, 0) is 6.54 Å². The number of benzene rings is 2. The van der Waals surface area contributed by atoms with Gasteiger partial charge in [-0.25, -0.2) is 4.39 Å². The summed E-state index contributed by atoms with van der Waals surface area (Å²) in [5, 5.41) is 1.20. The molecule has 1 aromatic heterocycles. The lowest BCUT2D eigenvalue weighted by molar-refractivity contribution is 0.600. The molecule has 0 radical (unpaired) electrons. The van der Waals surface area contributed by atoms with Gasteiger partial charge in [-0.3, -0.25) is 0 Å². The lowest BCUT2D eigenvalue weighted by atomic mass is 10.2. The Bertz CT molecular complexity index is 697. The topological polar surface area (TPSA) is 4.93 Å². The Morgan fingerprint density at radius 1 is 1.00 bits per heavy atom. The highest BCUT2D eigenvalue weighted by Gasteiger charge is 2.07. The van der Waals surface area contributed by atoms with Gasteiger partial charge in [-0.1, -0.05) is 36.4 Å². The highest BCUT2D eigenvalue weighted by atomic mass is 19.1. The van der Waals surface area contributed by atoms with Gasteiger partial charge in [0.15, 0.2) is 0 Å². The molecule has 0 unspecified atom stereocenters. The van der Waals surface area contributed by atoms with Crippen molar-refractivity contribution >= 4 is 10.9 Å². The van der Waals surface area contributed by atoms with Gasteiger partial charge in [0.05, 0.1) is 6.54 Å². The van der Waals surface area contributed by atoms with Crippen LogP contribution in [0.2, 0.25) is 0 Å². The molecule has 0 atom stereocenters. The fraction of sp³-hybridized carbons (Fsp3) is 0.125. The van der Waals surface area contributed by atoms with Gasteiger partial charge in [0, 0.05) is 16.8 Å². The number of rotatable bonds is 2. The van der Waals surface area contributed by atoms with Gasteiger partial charge >= 0.3 is 0 Å². The van der Waals surface area contributed by atoms with Crippen LogP contribution in [0.25, 0.3) is 10.9 Å². The fourth-order valence-electron chi connectivity index (χ4n) is 2.36. The molecule has 0 bridgehead atoms. The van der Waals surface area contributed by atoms with Crippen molar-refractivity contribution in [3.05, 3.63) is 71.7 Å². The van der Waals surface area contributed by atoms with E-state index in [4.69, 9.17) is 0 Å². The molecule has 0 amide bonds. The van der Waals surface area contributed by atoms with Gasteiger partial charge in [0.25, 0.3) is 0 Å². The number of aryl methyl sites for hydroxylation is 1. The Kier molecular flexibility index (Phi) is 2.63. The predicted octanol–water partition coefficient (Wildman–Crippen LogP) is 4.14. The molecule has 18 heavy (non-hydrogen) atoms. The molecule has 2 heteroatoms. The van der Waals surface area contributed by atoms with Gasteiger partial charge in [-0.05, 0) is 30.5 Å². The van der Waals surface area contributed by atoms with Crippen LogP contribution in [0, 0.1) is 12.7 Å². The van der Waals surface area contributed by atoms with Crippen molar-refractivity contribution in [3.63, 3.8) is 0 Å². The van der Waals surface area contributed by atoms with Crippen molar-refractivity contribution in [1.82, 2.24) is 4.57 Å². The summed E-state index contributed by atoms with van der Waals surface area (Å²) in [6.07, 6.45) is 0. The number of hydrogen-bond acceptors (Lipinski definition) is 0. The SMILES string of the molecule is Cc1cc2ccccc2n1Cc1ccccc1F. The van der Waals surface area contributed by atoms with Crippen molar-refractivity contribution < 1.29 is 4.39 Å². The summed E-state index contributed by atoms with van der Waals surface area (Å²) < 4.78 is 15.8. The minimum atomic E-state index is -0.144. The van der Waals surface area contributed by atoms with Crippen LogP contribution in [0.3, 0.4) is 0 Å². The van der Waals surface area contributed by atoms with Crippen molar-refractivity contribution in [1.29, 1.82) is 0 Å². The van der Waals surface area contributed by atoms with E-state index in [-0.39, 0.29) is 5.82 Å². The van der Waals surface area contributed by atoms with Crippen LogP contribution >= 0.6 is 0 Å². The minimum absolute atomic E-state index is 0.144. The summed E-state index contributed by atoms with van der Waals surface area (Å²) in [6, 6.07) is 17.3. The van der Waals surface area contributed by atoms with Gasteiger partial charge in [-0.15, -0.1) is 0 Å². The molecule has 0 N–H and O–H groups in total. The molecule has 2 aromatic carbocycles. The first-order chi connectivity index (χ1) is 8.75. The second-order valence-electron chi connectivity index (χ2n) is 4.52. The van der Waals surface area contributed by atoms with Crippen LogP contribution in [0.5, 0.6) is 0 Å². The molecule has 1 heterocycles. The molecule has 3 aromatic rings. The minimum Gasteiger partial charge on any atom is -0.340 e. The molecule has 90 valence electrons. The third kappa shape index (κ3) is 1.80.